The molecule has 3 heterocycles. The van der Waals surface area contributed by atoms with E-state index in [0.29, 0.717) is 0 Å². The molecule has 0 amide bonds. The van der Waals surface area contributed by atoms with E-state index in [4.69, 9.17) is 0 Å². The minimum absolute atomic E-state index is 1.27. The largest absolute Gasteiger partial charge is 0.134 e. The third kappa shape index (κ3) is 4.63. The standard InChI is InChI=1S/C48H28S3/c1-3-13-35-31(9-1)33-11-5-7-15-37(33)41-27-29(17-19-39(35)41)43-21-23-45(49-43)47-25-26-48(51-47)46-24-22-44(50-46)30-18-20-40-36-14-4-2-10-32(36)34-12-6-8-16-38(34)42(40)28-30/h1-28H. The molecule has 0 aliphatic heterocycles. The minimum Gasteiger partial charge on any atom is -0.134 e. The second-order valence-electron chi connectivity index (χ2n) is 13.2. The van der Waals surface area contributed by atoms with E-state index < -0.39 is 0 Å². The highest BCUT2D eigenvalue weighted by atomic mass is 32.1. The zero-order valence-corrected chi connectivity index (χ0v) is 29.8. The number of hydrogen-bond donors (Lipinski definition) is 0. The molecule has 11 aromatic rings. The maximum atomic E-state index is 2.39. The molecule has 0 spiro atoms. The summed E-state index contributed by atoms with van der Waals surface area (Å²) in [4.78, 5) is 7.86. The van der Waals surface area contributed by atoms with Gasteiger partial charge in [-0.1, -0.05) is 121 Å². The van der Waals surface area contributed by atoms with Gasteiger partial charge in [-0.2, -0.15) is 0 Å². The SMILES string of the molecule is c1ccc2c(c1)c1ccccc1c1cc(-c3ccc(-c4ccc(-c5ccc(-c6ccc7c8ccccc8c8ccccc8c7c6)s5)s4)s3)ccc21. The molecule has 0 unspecified atom stereocenters. The van der Waals surface area contributed by atoms with Crippen molar-refractivity contribution >= 4 is 98.6 Å². The van der Waals surface area contributed by atoms with Gasteiger partial charge < -0.3 is 0 Å². The lowest BCUT2D eigenvalue weighted by atomic mass is 9.93. The van der Waals surface area contributed by atoms with Gasteiger partial charge in [0.15, 0.2) is 0 Å². The molecule has 11 rings (SSSR count). The predicted octanol–water partition coefficient (Wildman–Crippen LogP) is 15.5. The van der Waals surface area contributed by atoms with E-state index in [-0.39, 0.29) is 0 Å². The van der Waals surface area contributed by atoms with Crippen LogP contribution in [0.4, 0.5) is 0 Å². The Morgan fingerprint density at radius 1 is 0.196 bits per heavy atom. The van der Waals surface area contributed by atoms with Gasteiger partial charge in [0.1, 0.15) is 0 Å². The summed E-state index contributed by atoms with van der Waals surface area (Å²) >= 11 is 5.66. The van der Waals surface area contributed by atoms with Gasteiger partial charge in [-0.25, -0.2) is 0 Å². The Hall–Kier alpha value is -5.58. The summed E-state index contributed by atoms with van der Waals surface area (Å²) < 4.78 is 0. The van der Waals surface area contributed by atoms with Crippen molar-refractivity contribution in [1.29, 1.82) is 0 Å². The molecule has 8 aromatic carbocycles. The smallest absolute Gasteiger partial charge is 0.0449 e. The van der Waals surface area contributed by atoms with E-state index in [2.05, 4.69) is 170 Å². The van der Waals surface area contributed by atoms with Gasteiger partial charge in [-0.15, -0.1) is 34.0 Å². The molecule has 0 nitrogen and oxygen atoms in total. The second-order valence-corrected chi connectivity index (χ2v) is 16.4. The zero-order chi connectivity index (χ0) is 33.5. The topological polar surface area (TPSA) is 0 Å². The number of benzene rings is 8. The second kappa shape index (κ2) is 11.5. The minimum atomic E-state index is 1.27. The monoisotopic (exact) mass is 700 g/mol. The number of rotatable bonds is 4. The summed E-state index contributed by atoms with van der Waals surface area (Å²) in [6.45, 7) is 0. The van der Waals surface area contributed by atoms with Gasteiger partial charge in [0.2, 0.25) is 0 Å². The lowest BCUT2D eigenvalue weighted by molar-refractivity contribution is 1.76. The summed E-state index contributed by atoms with van der Waals surface area (Å²) in [5, 5.41) is 15.8. The van der Waals surface area contributed by atoms with Crippen LogP contribution in [-0.4, -0.2) is 0 Å². The summed E-state index contributed by atoms with van der Waals surface area (Å²) in [7, 11) is 0. The van der Waals surface area contributed by atoms with E-state index in [1.54, 1.807) is 0 Å². The van der Waals surface area contributed by atoms with Crippen molar-refractivity contribution in [2.45, 2.75) is 0 Å². The zero-order valence-electron chi connectivity index (χ0n) is 27.4. The van der Waals surface area contributed by atoms with Crippen molar-refractivity contribution < 1.29 is 0 Å². The lowest BCUT2D eigenvalue weighted by Crippen LogP contribution is -1.83. The van der Waals surface area contributed by atoms with Crippen LogP contribution in [-0.2, 0) is 0 Å². The first-order valence-electron chi connectivity index (χ1n) is 17.2. The fourth-order valence-electron chi connectivity index (χ4n) is 7.98. The molecule has 0 N–H and O–H groups in total. The molecule has 238 valence electrons. The Morgan fingerprint density at radius 3 is 0.745 bits per heavy atom. The van der Waals surface area contributed by atoms with E-state index >= 15 is 0 Å². The van der Waals surface area contributed by atoms with E-state index in [1.807, 2.05) is 34.0 Å². The van der Waals surface area contributed by atoms with E-state index in [0.717, 1.165) is 0 Å². The van der Waals surface area contributed by atoms with Gasteiger partial charge >= 0.3 is 0 Å². The van der Waals surface area contributed by atoms with Crippen LogP contribution in [0.5, 0.6) is 0 Å². The molecule has 0 aliphatic rings. The summed E-state index contributed by atoms with van der Waals surface area (Å²) in [6.07, 6.45) is 0. The average molecular weight is 701 g/mol. The molecule has 0 saturated heterocycles. The Bertz CT molecular complexity index is 2870. The predicted molar refractivity (Wildman–Crippen MR) is 227 cm³/mol. The van der Waals surface area contributed by atoms with Gasteiger partial charge in [-0.05, 0) is 124 Å². The molecule has 3 heteroatoms. The van der Waals surface area contributed by atoms with Crippen LogP contribution >= 0.6 is 34.0 Å². The maximum absolute atomic E-state index is 2.39. The van der Waals surface area contributed by atoms with Crippen LogP contribution < -0.4 is 0 Å². The van der Waals surface area contributed by atoms with Gasteiger partial charge in [0, 0.05) is 29.3 Å². The van der Waals surface area contributed by atoms with Crippen LogP contribution in [0.1, 0.15) is 0 Å². The van der Waals surface area contributed by atoms with Crippen molar-refractivity contribution in [2.75, 3.05) is 0 Å². The Morgan fingerprint density at radius 2 is 0.431 bits per heavy atom. The third-order valence-corrected chi connectivity index (χ3v) is 14.1. The van der Waals surface area contributed by atoms with Crippen molar-refractivity contribution in [3.05, 3.63) is 170 Å². The highest BCUT2D eigenvalue weighted by Gasteiger charge is 2.15. The Balaban J connectivity index is 0.928. The molecular weight excluding hydrogens is 673 g/mol. The van der Waals surface area contributed by atoms with Gasteiger partial charge in [0.05, 0.1) is 0 Å². The molecule has 0 fully saturated rings. The molecule has 0 bridgehead atoms. The lowest BCUT2D eigenvalue weighted by Gasteiger charge is -2.11. The van der Waals surface area contributed by atoms with Crippen LogP contribution in [0.25, 0.3) is 105 Å². The van der Waals surface area contributed by atoms with Crippen LogP contribution in [0.15, 0.2) is 170 Å². The molecule has 3 aromatic heterocycles. The molecule has 0 atom stereocenters. The summed E-state index contributed by atoms with van der Waals surface area (Å²) in [5.41, 5.74) is 2.55. The first kappa shape index (κ1) is 29.2. The highest BCUT2D eigenvalue weighted by Crippen LogP contribution is 2.45. The quantitative estimate of drug-likeness (QED) is 0.160. The molecule has 0 aliphatic carbocycles. The van der Waals surface area contributed by atoms with Crippen molar-refractivity contribution in [3.63, 3.8) is 0 Å². The fourth-order valence-corrected chi connectivity index (χ4v) is 11.2. The molecule has 0 saturated carbocycles. The van der Waals surface area contributed by atoms with Crippen molar-refractivity contribution in [2.24, 2.45) is 0 Å². The van der Waals surface area contributed by atoms with Crippen LogP contribution in [0, 0.1) is 0 Å². The van der Waals surface area contributed by atoms with Gasteiger partial charge in [-0.3, -0.25) is 0 Å². The molecular formula is C48H28S3. The summed E-state index contributed by atoms with van der Waals surface area (Å²) in [6, 6.07) is 63.0. The van der Waals surface area contributed by atoms with E-state index in [1.165, 1.54) is 105 Å². The highest BCUT2D eigenvalue weighted by molar-refractivity contribution is 7.27. The Labute approximate surface area is 307 Å². The number of fused-ring (bicyclic) bond motifs is 12. The normalized spacial score (nSPS) is 11.9. The average Bonchev–Trinajstić information content (AvgIpc) is 4.00. The summed E-state index contributed by atoms with van der Waals surface area (Å²) in [5.74, 6) is 0. The van der Waals surface area contributed by atoms with E-state index in [9.17, 15) is 0 Å². The number of hydrogen-bond acceptors (Lipinski definition) is 3. The third-order valence-electron chi connectivity index (χ3n) is 10.4. The van der Waals surface area contributed by atoms with Crippen molar-refractivity contribution in [3.8, 4) is 40.4 Å². The number of thiophene rings is 3. The first-order valence-corrected chi connectivity index (χ1v) is 19.7. The van der Waals surface area contributed by atoms with Crippen molar-refractivity contribution in [1.82, 2.24) is 0 Å². The molecule has 0 radical (unpaired) electrons. The van der Waals surface area contributed by atoms with Crippen LogP contribution in [0.3, 0.4) is 0 Å². The maximum Gasteiger partial charge on any atom is 0.0449 e. The molecule has 51 heavy (non-hydrogen) atoms. The first-order chi connectivity index (χ1) is 25.3. The fraction of sp³-hybridized carbons (Fsp3) is 0. The van der Waals surface area contributed by atoms with Gasteiger partial charge in [0.25, 0.3) is 0 Å². The van der Waals surface area contributed by atoms with Crippen LogP contribution in [0.2, 0.25) is 0 Å². The Kier molecular flexibility index (Phi) is 6.57.